The molecule has 1 aromatic heterocycles. The monoisotopic (exact) mass is 391 g/mol. The molecule has 0 atom stereocenters. The SMILES string of the molecule is CC(C)(C)OC(=O)N1CCC(N2CCN(c3ccc(C(=O)O)nn3)CC2)CC1. The lowest BCUT2D eigenvalue weighted by Crippen LogP contribution is -2.54. The molecular formula is C19H29N5O4. The van der Waals surface area contributed by atoms with Crippen LogP contribution in [0.15, 0.2) is 12.1 Å². The predicted octanol–water partition coefficient (Wildman–Crippen LogP) is 1.70. The summed E-state index contributed by atoms with van der Waals surface area (Å²) in [4.78, 5) is 29.5. The molecule has 3 rings (SSSR count). The highest BCUT2D eigenvalue weighted by atomic mass is 16.6. The van der Waals surface area contributed by atoms with Crippen LogP contribution in [-0.2, 0) is 4.74 Å². The third kappa shape index (κ3) is 5.09. The quantitative estimate of drug-likeness (QED) is 0.831. The van der Waals surface area contributed by atoms with Crippen molar-refractivity contribution >= 4 is 17.9 Å². The van der Waals surface area contributed by atoms with Gasteiger partial charge in [-0.3, -0.25) is 4.90 Å². The minimum atomic E-state index is -1.07. The Morgan fingerprint density at radius 1 is 1.04 bits per heavy atom. The van der Waals surface area contributed by atoms with Crippen LogP contribution in [0, 0.1) is 0 Å². The number of carbonyl (C=O) groups is 2. The third-order valence-electron chi connectivity index (χ3n) is 5.14. The predicted molar refractivity (Wildman–Crippen MR) is 104 cm³/mol. The average molecular weight is 391 g/mol. The van der Waals surface area contributed by atoms with Crippen molar-refractivity contribution in [3.05, 3.63) is 17.8 Å². The van der Waals surface area contributed by atoms with E-state index in [0.29, 0.717) is 11.9 Å². The van der Waals surface area contributed by atoms with Gasteiger partial charge in [0.05, 0.1) is 0 Å². The molecule has 3 heterocycles. The van der Waals surface area contributed by atoms with Gasteiger partial charge in [0, 0.05) is 45.3 Å². The van der Waals surface area contributed by atoms with Gasteiger partial charge in [-0.15, -0.1) is 10.2 Å². The van der Waals surface area contributed by atoms with Crippen LogP contribution in [0.3, 0.4) is 0 Å². The first-order chi connectivity index (χ1) is 13.2. The number of aromatic carboxylic acids is 1. The van der Waals surface area contributed by atoms with E-state index in [1.165, 1.54) is 6.07 Å². The number of rotatable bonds is 3. The van der Waals surface area contributed by atoms with Crippen LogP contribution in [0.2, 0.25) is 0 Å². The van der Waals surface area contributed by atoms with Crippen LogP contribution >= 0.6 is 0 Å². The second-order valence-corrected chi connectivity index (χ2v) is 8.30. The first kappa shape index (κ1) is 20.3. The smallest absolute Gasteiger partial charge is 0.410 e. The molecule has 2 saturated heterocycles. The number of ether oxygens (including phenoxy) is 1. The Morgan fingerprint density at radius 3 is 2.18 bits per heavy atom. The van der Waals surface area contributed by atoms with E-state index in [1.54, 1.807) is 11.0 Å². The summed E-state index contributed by atoms with van der Waals surface area (Å²) in [6.45, 7) is 10.6. The fourth-order valence-corrected chi connectivity index (χ4v) is 3.66. The molecule has 0 spiro atoms. The van der Waals surface area contributed by atoms with Gasteiger partial charge in [-0.1, -0.05) is 0 Å². The molecular weight excluding hydrogens is 362 g/mol. The highest BCUT2D eigenvalue weighted by molar-refractivity contribution is 5.85. The Hall–Kier alpha value is -2.42. The lowest BCUT2D eigenvalue weighted by Gasteiger charge is -2.43. The van der Waals surface area contributed by atoms with Crippen molar-refractivity contribution in [1.82, 2.24) is 20.0 Å². The Labute approximate surface area is 165 Å². The van der Waals surface area contributed by atoms with Crippen LogP contribution in [0.1, 0.15) is 44.1 Å². The number of carboxylic acid groups (broad SMARTS) is 1. The normalized spacial score (nSPS) is 19.5. The molecule has 2 fully saturated rings. The van der Waals surface area contributed by atoms with Gasteiger partial charge in [0.15, 0.2) is 11.5 Å². The van der Waals surface area contributed by atoms with Gasteiger partial charge in [0.1, 0.15) is 5.60 Å². The molecule has 1 N–H and O–H groups in total. The first-order valence-corrected chi connectivity index (χ1v) is 9.77. The molecule has 9 heteroatoms. The number of hydrogen-bond donors (Lipinski definition) is 1. The highest BCUT2D eigenvalue weighted by Crippen LogP contribution is 2.21. The molecule has 0 radical (unpaired) electrons. The number of carboxylic acids is 1. The Kier molecular flexibility index (Phi) is 6.02. The van der Waals surface area contributed by atoms with Crippen molar-refractivity contribution in [3.8, 4) is 0 Å². The number of likely N-dealkylation sites (tertiary alicyclic amines) is 1. The molecule has 0 aromatic carbocycles. The van der Waals surface area contributed by atoms with Crippen molar-refractivity contribution < 1.29 is 19.4 Å². The molecule has 154 valence electrons. The number of piperazine rings is 1. The molecule has 2 aliphatic rings. The van der Waals surface area contributed by atoms with Gasteiger partial charge in [-0.2, -0.15) is 0 Å². The molecule has 28 heavy (non-hydrogen) atoms. The summed E-state index contributed by atoms with van der Waals surface area (Å²) in [7, 11) is 0. The maximum Gasteiger partial charge on any atom is 0.410 e. The van der Waals surface area contributed by atoms with Gasteiger partial charge in [-0.25, -0.2) is 9.59 Å². The molecule has 9 nitrogen and oxygen atoms in total. The molecule has 0 unspecified atom stereocenters. The topological polar surface area (TPSA) is 99.1 Å². The zero-order valence-electron chi connectivity index (χ0n) is 16.8. The van der Waals surface area contributed by atoms with Crippen molar-refractivity contribution in [1.29, 1.82) is 0 Å². The molecule has 1 amide bonds. The first-order valence-electron chi connectivity index (χ1n) is 9.77. The lowest BCUT2D eigenvalue weighted by molar-refractivity contribution is 0.0139. The largest absolute Gasteiger partial charge is 0.476 e. The van der Waals surface area contributed by atoms with Gasteiger partial charge in [0.2, 0.25) is 0 Å². The molecule has 1 aromatic rings. The molecule has 2 aliphatic heterocycles. The number of piperidine rings is 1. The maximum atomic E-state index is 12.2. The van der Waals surface area contributed by atoms with E-state index in [0.717, 1.165) is 52.1 Å². The van der Waals surface area contributed by atoms with E-state index < -0.39 is 11.6 Å². The standard InChI is InChI=1S/C19H29N5O4/c1-19(2,3)28-18(27)24-8-6-14(7-9-24)22-10-12-23(13-11-22)16-5-4-15(17(25)26)20-21-16/h4-5,14H,6-13H2,1-3H3,(H,25,26). The number of hydrogen-bond acceptors (Lipinski definition) is 7. The maximum absolute atomic E-state index is 12.2. The zero-order valence-corrected chi connectivity index (χ0v) is 16.8. The van der Waals surface area contributed by atoms with E-state index in [1.807, 2.05) is 20.8 Å². The van der Waals surface area contributed by atoms with Crippen LogP contribution in [-0.4, -0.2) is 88.1 Å². The van der Waals surface area contributed by atoms with Crippen molar-refractivity contribution in [3.63, 3.8) is 0 Å². The minimum Gasteiger partial charge on any atom is -0.476 e. The number of carbonyl (C=O) groups excluding carboxylic acids is 1. The van der Waals surface area contributed by atoms with Crippen LogP contribution in [0.25, 0.3) is 0 Å². The number of aromatic nitrogens is 2. The van der Waals surface area contributed by atoms with Crippen molar-refractivity contribution in [2.24, 2.45) is 0 Å². The van der Waals surface area contributed by atoms with E-state index >= 15 is 0 Å². The molecule has 0 saturated carbocycles. The summed E-state index contributed by atoms with van der Waals surface area (Å²) in [5, 5.41) is 16.7. The molecule has 0 bridgehead atoms. The van der Waals surface area contributed by atoms with E-state index in [2.05, 4.69) is 20.0 Å². The van der Waals surface area contributed by atoms with Crippen molar-refractivity contribution in [2.45, 2.75) is 45.3 Å². The summed E-state index contributed by atoms with van der Waals surface area (Å²) >= 11 is 0. The fourth-order valence-electron chi connectivity index (χ4n) is 3.66. The summed E-state index contributed by atoms with van der Waals surface area (Å²) in [5.41, 5.74) is -0.505. The Bertz CT molecular complexity index is 687. The number of anilines is 1. The van der Waals surface area contributed by atoms with Gasteiger partial charge < -0.3 is 19.6 Å². The van der Waals surface area contributed by atoms with Crippen LogP contribution < -0.4 is 4.90 Å². The van der Waals surface area contributed by atoms with Gasteiger partial charge in [0.25, 0.3) is 0 Å². The second kappa shape index (κ2) is 8.30. The third-order valence-corrected chi connectivity index (χ3v) is 5.14. The Morgan fingerprint density at radius 2 is 1.68 bits per heavy atom. The van der Waals surface area contributed by atoms with Crippen LogP contribution in [0.4, 0.5) is 10.6 Å². The van der Waals surface area contributed by atoms with E-state index in [4.69, 9.17) is 9.84 Å². The Balaban J connectivity index is 1.46. The van der Waals surface area contributed by atoms with Gasteiger partial charge >= 0.3 is 12.1 Å². The summed E-state index contributed by atoms with van der Waals surface area (Å²) in [5.74, 6) is -0.356. The summed E-state index contributed by atoms with van der Waals surface area (Å²) in [6.07, 6.45) is 1.68. The van der Waals surface area contributed by atoms with Crippen LogP contribution in [0.5, 0.6) is 0 Å². The van der Waals surface area contributed by atoms with E-state index in [9.17, 15) is 9.59 Å². The highest BCUT2D eigenvalue weighted by Gasteiger charge is 2.31. The number of nitrogens with zero attached hydrogens (tertiary/aromatic N) is 5. The lowest BCUT2D eigenvalue weighted by atomic mass is 10.0. The molecule has 0 aliphatic carbocycles. The van der Waals surface area contributed by atoms with E-state index in [-0.39, 0.29) is 11.8 Å². The minimum absolute atomic E-state index is 0.0425. The number of amides is 1. The average Bonchev–Trinajstić information content (AvgIpc) is 2.67. The summed E-state index contributed by atoms with van der Waals surface area (Å²) < 4.78 is 5.46. The van der Waals surface area contributed by atoms with Crippen molar-refractivity contribution in [2.75, 3.05) is 44.2 Å². The zero-order chi connectivity index (χ0) is 20.3. The van der Waals surface area contributed by atoms with Gasteiger partial charge in [-0.05, 0) is 45.7 Å². The fraction of sp³-hybridized carbons (Fsp3) is 0.684. The summed E-state index contributed by atoms with van der Waals surface area (Å²) in [6, 6.07) is 3.68. The second-order valence-electron chi connectivity index (χ2n) is 8.30.